The number of carbonyl (C=O) groups excluding carboxylic acids is 3. The summed E-state index contributed by atoms with van der Waals surface area (Å²) in [4.78, 5) is 35.4. The van der Waals surface area contributed by atoms with Gasteiger partial charge in [0.2, 0.25) is 11.8 Å². The monoisotopic (exact) mass is 608 g/mol. The zero-order valence-electron chi connectivity index (χ0n) is 25.8. The summed E-state index contributed by atoms with van der Waals surface area (Å²) in [5, 5.41) is 16.7. The van der Waals surface area contributed by atoms with E-state index in [1.165, 1.54) is 19.1 Å². The normalized spacial score (nSPS) is 31.4. The number of amides is 2. The molecule has 2 amide bonds. The van der Waals surface area contributed by atoms with Gasteiger partial charge in [-0.15, -0.1) is 11.6 Å². The number of nitrogens with one attached hydrogen (secondary N) is 2. The number of ether oxygens (including phenoxy) is 3. The molecule has 2 fully saturated rings. The minimum atomic E-state index is -1.08. The molecule has 0 aliphatic carbocycles. The Labute approximate surface area is 255 Å². The molecule has 2 rings (SSSR count). The van der Waals surface area contributed by atoms with E-state index in [1.54, 1.807) is 19.1 Å². The molecule has 2 heterocycles. The molecule has 0 spiro atoms. The molecule has 236 valence electrons. The first-order valence-corrected chi connectivity index (χ1v) is 15.4. The van der Waals surface area contributed by atoms with Crippen LogP contribution in [-0.4, -0.2) is 77.5 Å². The van der Waals surface area contributed by atoms with Crippen molar-refractivity contribution >= 4 is 29.4 Å². The topological polar surface area (TPSA) is 123 Å². The van der Waals surface area contributed by atoms with Crippen molar-refractivity contribution in [1.82, 2.24) is 10.6 Å². The van der Waals surface area contributed by atoms with Crippen molar-refractivity contribution in [3.8, 4) is 0 Å². The molecule has 8 atom stereocenters. The Balaban J connectivity index is 1.90. The van der Waals surface area contributed by atoms with Crippen LogP contribution in [0.3, 0.4) is 0 Å². The Morgan fingerprint density at radius 1 is 1.07 bits per heavy atom. The summed E-state index contributed by atoms with van der Waals surface area (Å²) in [6.07, 6.45) is 13.8. The lowest BCUT2D eigenvalue weighted by Gasteiger charge is -2.39. The standard InChI is InChI=1S/C32H49ClN2O7/c1-7-16-34-30(37)15-12-27-19-32(39,20-33)18-26(42-27)11-8-21(2)9-13-29-22(3)17-28(24(5)41-29)35-31(38)14-10-23(4)40-25(6)36/h8-12,14-15,22-24,26-29,39H,7,13,16-20H2,1-6H3,(H,34,37)(H,35,38). The lowest BCUT2D eigenvalue weighted by Crippen LogP contribution is -2.50. The molecule has 0 saturated carbocycles. The smallest absolute Gasteiger partial charge is 0.303 e. The van der Waals surface area contributed by atoms with Gasteiger partial charge in [-0.2, -0.15) is 0 Å². The van der Waals surface area contributed by atoms with E-state index in [-0.39, 0.29) is 48.0 Å². The highest BCUT2D eigenvalue weighted by Gasteiger charge is 2.38. The third-order valence-corrected chi connectivity index (χ3v) is 7.93. The summed E-state index contributed by atoms with van der Waals surface area (Å²) in [7, 11) is 0. The van der Waals surface area contributed by atoms with Gasteiger partial charge in [0.1, 0.15) is 6.10 Å². The van der Waals surface area contributed by atoms with Crippen LogP contribution < -0.4 is 10.6 Å². The van der Waals surface area contributed by atoms with E-state index in [0.29, 0.717) is 19.4 Å². The van der Waals surface area contributed by atoms with Crippen LogP contribution in [0.15, 0.2) is 48.1 Å². The average Bonchev–Trinajstić information content (AvgIpc) is 2.93. The Morgan fingerprint density at radius 3 is 2.36 bits per heavy atom. The number of carbonyl (C=O) groups is 3. The molecule has 0 bridgehead atoms. The Hall–Kier alpha value is -2.46. The van der Waals surface area contributed by atoms with Crippen LogP contribution in [0.1, 0.15) is 73.6 Å². The highest BCUT2D eigenvalue weighted by atomic mass is 35.5. The first kappa shape index (κ1) is 35.7. The van der Waals surface area contributed by atoms with Gasteiger partial charge < -0.3 is 30.0 Å². The van der Waals surface area contributed by atoms with Crippen LogP contribution in [0, 0.1) is 5.92 Å². The van der Waals surface area contributed by atoms with Crippen LogP contribution in [0.5, 0.6) is 0 Å². The number of allylic oxidation sites excluding steroid dienone is 2. The van der Waals surface area contributed by atoms with Gasteiger partial charge in [-0.1, -0.05) is 43.7 Å². The first-order valence-electron chi connectivity index (χ1n) is 14.9. The number of hydrogen-bond acceptors (Lipinski definition) is 7. The molecule has 42 heavy (non-hydrogen) atoms. The predicted octanol–water partition coefficient (Wildman–Crippen LogP) is 4.29. The van der Waals surface area contributed by atoms with Gasteiger partial charge in [-0.25, -0.2) is 0 Å². The molecule has 0 radical (unpaired) electrons. The van der Waals surface area contributed by atoms with E-state index in [2.05, 4.69) is 23.6 Å². The minimum absolute atomic E-state index is 0.0108. The molecule has 2 aliphatic rings. The SMILES string of the molecule is CCCNC(=O)C=CC1CC(O)(CCl)CC(C=CC(C)=CCC2OC(C)C(NC(=O)C=CC(C)OC(C)=O)CC2C)O1. The van der Waals surface area contributed by atoms with E-state index >= 15 is 0 Å². The average molecular weight is 609 g/mol. The number of rotatable bonds is 13. The summed E-state index contributed by atoms with van der Waals surface area (Å²) in [5.41, 5.74) is -0.0407. The molecule has 9 nitrogen and oxygen atoms in total. The summed E-state index contributed by atoms with van der Waals surface area (Å²) in [6.45, 7) is 11.7. The quantitative estimate of drug-likeness (QED) is 0.123. The van der Waals surface area contributed by atoms with Gasteiger partial charge in [0.05, 0.1) is 41.9 Å². The van der Waals surface area contributed by atoms with Crippen LogP contribution in [0.25, 0.3) is 0 Å². The van der Waals surface area contributed by atoms with Crippen molar-refractivity contribution in [2.75, 3.05) is 12.4 Å². The number of halogens is 1. The van der Waals surface area contributed by atoms with Crippen LogP contribution in [0.4, 0.5) is 0 Å². The predicted molar refractivity (Wildman–Crippen MR) is 164 cm³/mol. The van der Waals surface area contributed by atoms with Crippen molar-refractivity contribution in [1.29, 1.82) is 0 Å². The maximum atomic E-state index is 12.4. The lowest BCUT2D eigenvalue weighted by atomic mass is 9.87. The third-order valence-electron chi connectivity index (χ3n) is 7.43. The maximum Gasteiger partial charge on any atom is 0.303 e. The Morgan fingerprint density at radius 2 is 1.74 bits per heavy atom. The number of esters is 1. The lowest BCUT2D eigenvalue weighted by molar-refractivity contribution is -0.143. The molecule has 2 saturated heterocycles. The van der Waals surface area contributed by atoms with E-state index in [1.807, 2.05) is 32.9 Å². The number of alkyl halides is 1. The van der Waals surface area contributed by atoms with Gasteiger partial charge in [0.15, 0.2) is 0 Å². The zero-order chi connectivity index (χ0) is 31.3. The Bertz CT molecular complexity index is 1030. The van der Waals surface area contributed by atoms with Gasteiger partial charge in [-0.3, -0.25) is 14.4 Å². The highest BCUT2D eigenvalue weighted by Crippen LogP contribution is 2.32. The highest BCUT2D eigenvalue weighted by molar-refractivity contribution is 6.18. The fourth-order valence-corrected chi connectivity index (χ4v) is 5.31. The molecule has 3 N–H and O–H groups in total. The summed E-state index contributed by atoms with van der Waals surface area (Å²) in [6, 6.07) is -0.119. The molecular weight excluding hydrogens is 560 g/mol. The van der Waals surface area contributed by atoms with Crippen molar-refractivity contribution in [2.24, 2.45) is 5.92 Å². The summed E-state index contributed by atoms with van der Waals surface area (Å²) < 4.78 is 17.4. The van der Waals surface area contributed by atoms with E-state index in [0.717, 1.165) is 24.8 Å². The van der Waals surface area contributed by atoms with Gasteiger partial charge in [0, 0.05) is 38.5 Å². The van der Waals surface area contributed by atoms with E-state index in [9.17, 15) is 19.5 Å². The Kier molecular flexibility index (Phi) is 15.0. The van der Waals surface area contributed by atoms with Crippen molar-refractivity contribution in [2.45, 2.75) is 116 Å². The fourth-order valence-electron chi connectivity index (χ4n) is 5.09. The second kappa shape index (κ2) is 17.6. The third kappa shape index (κ3) is 12.8. The van der Waals surface area contributed by atoms with Gasteiger partial charge in [-0.05, 0) is 52.0 Å². The van der Waals surface area contributed by atoms with Crippen molar-refractivity contribution in [3.05, 3.63) is 48.1 Å². The number of hydrogen-bond donors (Lipinski definition) is 3. The summed E-state index contributed by atoms with van der Waals surface area (Å²) >= 11 is 6.09. The van der Waals surface area contributed by atoms with E-state index < -0.39 is 23.8 Å². The minimum Gasteiger partial charge on any atom is -0.459 e. The molecule has 0 aromatic carbocycles. The second-order valence-corrected chi connectivity index (χ2v) is 11.8. The first-order chi connectivity index (χ1) is 19.8. The molecule has 2 aliphatic heterocycles. The van der Waals surface area contributed by atoms with Crippen LogP contribution >= 0.6 is 11.6 Å². The second-order valence-electron chi connectivity index (χ2n) is 11.6. The van der Waals surface area contributed by atoms with Gasteiger partial charge in [0.25, 0.3) is 0 Å². The molecular formula is C32H49ClN2O7. The molecule has 0 aromatic rings. The van der Waals surface area contributed by atoms with Crippen molar-refractivity contribution < 1.29 is 33.7 Å². The summed E-state index contributed by atoms with van der Waals surface area (Å²) in [5.74, 6) is -0.512. The number of aliphatic hydroxyl groups is 1. The largest absolute Gasteiger partial charge is 0.459 e. The molecule has 10 heteroatoms. The maximum absolute atomic E-state index is 12.4. The zero-order valence-corrected chi connectivity index (χ0v) is 26.6. The van der Waals surface area contributed by atoms with Crippen molar-refractivity contribution in [3.63, 3.8) is 0 Å². The van der Waals surface area contributed by atoms with E-state index in [4.69, 9.17) is 25.8 Å². The van der Waals surface area contributed by atoms with Crippen LogP contribution in [0.2, 0.25) is 0 Å². The van der Waals surface area contributed by atoms with Crippen LogP contribution in [-0.2, 0) is 28.6 Å². The molecule has 0 aromatic heterocycles. The van der Waals surface area contributed by atoms with Gasteiger partial charge >= 0.3 is 5.97 Å². The fraction of sp³-hybridized carbons (Fsp3) is 0.656. The molecule has 8 unspecified atom stereocenters.